The fourth-order valence-electron chi connectivity index (χ4n) is 3.25. The molecule has 0 spiro atoms. The lowest BCUT2D eigenvalue weighted by molar-refractivity contribution is 0.0257. The van der Waals surface area contributed by atoms with Gasteiger partial charge in [-0.3, -0.25) is 4.98 Å². The predicted octanol–water partition coefficient (Wildman–Crippen LogP) is 3.00. The second-order valence-corrected chi connectivity index (χ2v) is 8.24. The highest BCUT2D eigenvalue weighted by atomic mass is 19.3. The Labute approximate surface area is 161 Å². The van der Waals surface area contributed by atoms with E-state index in [0.29, 0.717) is 29.4 Å². The van der Waals surface area contributed by atoms with Gasteiger partial charge in [0, 0.05) is 37.3 Å². The van der Waals surface area contributed by atoms with E-state index < -0.39 is 5.92 Å². The molecule has 0 atom stereocenters. The number of nitrogens with zero attached hydrogens (tertiary/aromatic N) is 7. The molecule has 1 saturated heterocycles. The summed E-state index contributed by atoms with van der Waals surface area (Å²) in [6.07, 6.45) is 4.06. The lowest BCUT2D eigenvalue weighted by Crippen LogP contribution is -2.27. The molecule has 0 aromatic carbocycles. The van der Waals surface area contributed by atoms with Gasteiger partial charge < -0.3 is 4.90 Å². The van der Waals surface area contributed by atoms with Crippen LogP contribution in [0.4, 0.5) is 14.6 Å². The molecule has 0 saturated carbocycles. The molecule has 0 aliphatic carbocycles. The number of hydrogen-bond acceptors (Lipinski definition) is 6. The van der Waals surface area contributed by atoms with Crippen LogP contribution in [-0.2, 0) is 18.4 Å². The topological polar surface area (TPSA) is 72.6 Å². The normalized spacial score (nSPS) is 16.8. The van der Waals surface area contributed by atoms with E-state index in [4.69, 9.17) is 0 Å². The number of halogens is 2. The molecule has 3 aromatic heterocycles. The van der Waals surface area contributed by atoms with Gasteiger partial charge in [0.2, 0.25) is 0 Å². The fourth-order valence-corrected chi connectivity index (χ4v) is 3.25. The van der Waals surface area contributed by atoms with Crippen molar-refractivity contribution in [3.05, 3.63) is 35.9 Å². The molecule has 1 fully saturated rings. The minimum Gasteiger partial charge on any atom is -0.348 e. The summed E-state index contributed by atoms with van der Waals surface area (Å²) in [7, 11) is 0. The van der Waals surface area contributed by atoms with E-state index in [1.165, 1.54) is 0 Å². The van der Waals surface area contributed by atoms with Crippen LogP contribution in [0, 0.1) is 0 Å². The third-order valence-corrected chi connectivity index (χ3v) is 4.85. The van der Waals surface area contributed by atoms with Crippen LogP contribution in [-0.4, -0.2) is 49.0 Å². The Morgan fingerprint density at radius 3 is 2.54 bits per heavy atom. The molecule has 0 radical (unpaired) electrons. The molecular formula is C19H23F2N7. The maximum Gasteiger partial charge on any atom is 0.266 e. The van der Waals surface area contributed by atoms with Crippen molar-refractivity contribution in [1.29, 1.82) is 0 Å². The molecule has 1 aliphatic rings. The minimum atomic E-state index is -2.71. The van der Waals surface area contributed by atoms with Gasteiger partial charge in [-0.1, -0.05) is 26.0 Å². The first-order chi connectivity index (χ1) is 13.2. The van der Waals surface area contributed by atoms with E-state index in [-0.39, 0.29) is 24.9 Å². The highest BCUT2D eigenvalue weighted by Gasteiger charge is 2.40. The lowest BCUT2D eigenvalue weighted by atomic mass is 9.96. The zero-order valence-corrected chi connectivity index (χ0v) is 16.2. The maximum atomic E-state index is 13.8. The molecule has 9 heteroatoms. The summed E-state index contributed by atoms with van der Waals surface area (Å²) >= 11 is 0. The van der Waals surface area contributed by atoms with E-state index in [1.807, 2.05) is 32.9 Å². The monoisotopic (exact) mass is 387 g/mol. The van der Waals surface area contributed by atoms with Crippen molar-refractivity contribution in [2.45, 2.75) is 51.5 Å². The summed E-state index contributed by atoms with van der Waals surface area (Å²) in [6, 6.07) is 3.90. The van der Waals surface area contributed by atoms with Crippen LogP contribution in [0.15, 0.2) is 24.5 Å². The van der Waals surface area contributed by atoms with Crippen molar-refractivity contribution in [2.75, 3.05) is 18.0 Å². The SMILES string of the molecule is CC(C)(C)c1nc(N2CCC(F)(F)C2)c2nnn(CCc3ccncc3)c2n1. The van der Waals surface area contributed by atoms with Crippen LogP contribution in [0.3, 0.4) is 0 Å². The van der Waals surface area contributed by atoms with Crippen LogP contribution in [0.5, 0.6) is 0 Å². The molecule has 0 unspecified atom stereocenters. The molecule has 4 heterocycles. The Morgan fingerprint density at radius 2 is 1.89 bits per heavy atom. The van der Waals surface area contributed by atoms with E-state index >= 15 is 0 Å². The standard InChI is InChI=1S/C19H23F2N7/c1-18(2,3)17-23-15(27-11-7-19(20,21)12-27)14-16(24-17)28(26-25-14)10-6-13-4-8-22-9-5-13/h4-5,8-9H,6-7,10-12H2,1-3H3. The van der Waals surface area contributed by atoms with E-state index in [1.54, 1.807) is 22.0 Å². The molecule has 3 aromatic rings. The third-order valence-electron chi connectivity index (χ3n) is 4.85. The van der Waals surface area contributed by atoms with Crippen LogP contribution < -0.4 is 4.90 Å². The van der Waals surface area contributed by atoms with Crippen LogP contribution in [0.1, 0.15) is 38.6 Å². The zero-order chi connectivity index (χ0) is 19.9. The smallest absolute Gasteiger partial charge is 0.266 e. The van der Waals surface area contributed by atoms with Gasteiger partial charge in [0.1, 0.15) is 5.82 Å². The molecule has 0 N–H and O–H groups in total. The summed E-state index contributed by atoms with van der Waals surface area (Å²) in [4.78, 5) is 14.9. The van der Waals surface area contributed by atoms with Crippen LogP contribution in [0.25, 0.3) is 11.2 Å². The molecule has 4 rings (SSSR count). The quantitative estimate of drug-likeness (QED) is 0.685. The van der Waals surface area contributed by atoms with E-state index in [0.717, 1.165) is 12.0 Å². The van der Waals surface area contributed by atoms with Crippen molar-refractivity contribution >= 4 is 17.0 Å². The minimum absolute atomic E-state index is 0.181. The fraction of sp³-hybridized carbons (Fsp3) is 0.526. The second-order valence-electron chi connectivity index (χ2n) is 8.24. The van der Waals surface area contributed by atoms with Crippen molar-refractivity contribution < 1.29 is 8.78 Å². The van der Waals surface area contributed by atoms with Gasteiger partial charge >= 0.3 is 0 Å². The van der Waals surface area contributed by atoms with Gasteiger partial charge in [0.25, 0.3) is 5.92 Å². The molecule has 148 valence electrons. The Balaban J connectivity index is 1.73. The van der Waals surface area contributed by atoms with Gasteiger partial charge in [-0.25, -0.2) is 23.4 Å². The van der Waals surface area contributed by atoms with Gasteiger partial charge in [-0.15, -0.1) is 5.10 Å². The van der Waals surface area contributed by atoms with Crippen molar-refractivity contribution in [3.63, 3.8) is 0 Å². The number of anilines is 1. The second kappa shape index (κ2) is 6.72. The van der Waals surface area contributed by atoms with E-state index in [2.05, 4.69) is 25.3 Å². The van der Waals surface area contributed by atoms with Gasteiger partial charge in [-0.2, -0.15) is 0 Å². The summed E-state index contributed by atoms with van der Waals surface area (Å²) in [5, 5.41) is 8.47. The number of aromatic nitrogens is 6. The summed E-state index contributed by atoms with van der Waals surface area (Å²) < 4.78 is 29.3. The zero-order valence-electron chi connectivity index (χ0n) is 16.2. The van der Waals surface area contributed by atoms with Gasteiger partial charge in [0.15, 0.2) is 17.0 Å². The first-order valence-electron chi connectivity index (χ1n) is 9.36. The number of rotatable bonds is 4. The lowest BCUT2D eigenvalue weighted by Gasteiger charge is -2.22. The van der Waals surface area contributed by atoms with Gasteiger partial charge in [-0.05, 0) is 24.1 Å². The van der Waals surface area contributed by atoms with Crippen LogP contribution >= 0.6 is 0 Å². The Morgan fingerprint density at radius 1 is 1.14 bits per heavy atom. The summed E-state index contributed by atoms with van der Waals surface area (Å²) in [6.45, 7) is 6.47. The molecular weight excluding hydrogens is 364 g/mol. The summed E-state index contributed by atoms with van der Waals surface area (Å²) in [5.74, 6) is -1.67. The first kappa shape index (κ1) is 18.6. The molecule has 7 nitrogen and oxygen atoms in total. The van der Waals surface area contributed by atoms with Crippen molar-refractivity contribution in [1.82, 2.24) is 29.9 Å². The average Bonchev–Trinajstić information content (AvgIpc) is 3.22. The van der Waals surface area contributed by atoms with Crippen LogP contribution in [0.2, 0.25) is 0 Å². The number of aryl methyl sites for hydroxylation is 2. The first-order valence-corrected chi connectivity index (χ1v) is 9.36. The van der Waals surface area contributed by atoms with Gasteiger partial charge in [0.05, 0.1) is 6.54 Å². The van der Waals surface area contributed by atoms with Crippen molar-refractivity contribution in [3.8, 4) is 0 Å². The third kappa shape index (κ3) is 3.65. The Kier molecular flexibility index (Phi) is 4.47. The highest BCUT2D eigenvalue weighted by Crippen LogP contribution is 2.34. The summed E-state index contributed by atoms with van der Waals surface area (Å²) in [5.41, 5.74) is 1.86. The maximum absolute atomic E-state index is 13.8. The van der Waals surface area contributed by atoms with Crippen molar-refractivity contribution in [2.24, 2.45) is 0 Å². The predicted molar refractivity (Wildman–Crippen MR) is 102 cm³/mol. The number of fused-ring (bicyclic) bond motifs is 1. The molecule has 0 bridgehead atoms. The largest absolute Gasteiger partial charge is 0.348 e. The Hall–Kier alpha value is -2.71. The average molecular weight is 387 g/mol. The number of hydrogen-bond donors (Lipinski definition) is 0. The number of pyridine rings is 1. The Bertz CT molecular complexity index is 979. The molecule has 0 amide bonds. The highest BCUT2D eigenvalue weighted by molar-refractivity contribution is 5.83. The van der Waals surface area contributed by atoms with E-state index in [9.17, 15) is 8.78 Å². The molecule has 1 aliphatic heterocycles. The molecule has 28 heavy (non-hydrogen) atoms. The number of alkyl halides is 2.